The molecule has 1 saturated carbocycles. The van der Waals surface area contributed by atoms with Crippen LogP contribution in [0.5, 0.6) is 0 Å². The van der Waals surface area contributed by atoms with E-state index in [-0.39, 0.29) is 11.7 Å². The highest BCUT2D eigenvalue weighted by Crippen LogP contribution is 2.33. The number of aromatic nitrogens is 3. The summed E-state index contributed by atoms with van der Waals surface area (Å²) in [5.74, 6) is 0.935. The fourth-order valence-electron chi connectivity index (χ4n) is 3.81. The smallest absolute Gasteiger partial charge is 0.234 e. The van der Waals surface area contributed by atoms with Crippen LogP contribution in [0, 0.1) is 18.3 Å². The van der Waals surface area contributed by atoms with Gasteiger partial charge in [0, 0.05) is 19.2 Å². The Balaban J connectivity index is 1.76. The number of carbonyl (C=O) groups is 1. The molecule has 1 fully saturated rings. The van der Waals surface area contributed by atoms with Crippen molar-refractivity contribution in [2.24, 2.45) is 0 Å². The van der Waals surface area contributed by atoms with Gasteiger partial charge in [0.15, 0.2) is 11.0 Å². The summed E-state index contributed by atoms with van der Waals surface area (Å²) in [5, 5.41) is 19.1. The maximum absolute atomic E-state index is 12.8. The minimum Gasteiger partial charge on any atom is -0.326 e. The van der Waals surface area contributed by atoms with Crippen LogP contribution in [0.15, 0.2) is 42.1 Å². The number of rotatable bonds is 7. The number of nitriles is 1. The molecule has 29 heavy (non-hydrogen) atoms. The summed E-state index contributed by atoms with van der Waals surface area (Å²) < 4.78 is 1.97. The van der Waals surface area contributed by atoms with Crippen molar-refractivity contribution in [3.63, 3.8) is 0 Å². The van der Waals surface area contributed by atoms with Crippen molar-refractivity contribution in [2.45, 2.75) is 56.3 Å². The van der Waals surface area contributed by atoms with E-state index in [2.05, 4.69) is 28.9 Å². The number of nitrogens with zero attached hydrogens (tertiary/aromatic N) is 5. The van der Waals surface area contributed by atoms with E-state index in [1.807, 2.05) is 29.7 Å². The molecule has 152 valence electrons. The van der Waals surface area contributed by atoms with Crippen molar-refractivity contribution in [3.05, 3.63) is 42.5 Å². The van der Waals surface area contributed by atoms with Gasteiger partial charge in [-0.3, -0.25) is 9.36 Å². The molecule has 7 heteroatoms. The second-order valence-corrected chi connectivity index (χ2v) is 8.46. The third-order valence-electron chi connectivity index (χ3n) is 5.53. The lowest BCUT2D eigenvalue weighted by molar-refractivity contribution is -0.131. The van der Waals surface area contributed by atoms with Crippen LogP contribution in [-0.2, 0) is 11.3 Å². The Morgan fingerprint density at radius 3 is 2.79 bits per heavy atom. The quantitative estimate of drug-likeness (QED) is 0.506. The van der Waals surface area contributed by atoms with Crippen LogP contribution >= 0.6 is 11.8 Å². The highest BCUT2D eigenvalue weighted by Gasteiger charge is 2.38. The van der Waals surface area contributed by atoms with Crippen LogP contribution in [0.2, 0.25) is 0 Å². The molecule has 0 unspecified atom stereocenters. The molecule has 1 aliphatic rings. The van der Waals surface area contributed by atoms with Crippen molar-refractivity contribution in [1.82, 2.24) is 19.7 Å². The minimum atomic E-state index is -0.669. The van der Waals surface area contributed by atoms with Crippen LogP contribution in [0.4, 0.5) is 0 Å². The van der Waals surface area contributed by atoms with E-state index in [0.717, 1.165) is 49.1 Å². The highest BCUT2D eigenvalue weighted by atomic mass is 32.2. The van der Waals surface area contributed by atoms with Gasteiger partial charge < -0.3 is 4.90 Å². The number of amides is 1. The Morgan fingerprint density at radius 2 is 2.14 bits per heavy atom. The van der Waals surface area contributed by atoms with Gasteiger partial charge in [0.2, 0.25) is 5.91 Å². The number of hydrogen-bond acceptors (Lipinski definition) is 5. The van der Waals surface area contributed by atoms with E-state index < -0.39 is 5.54 Å². The van der Waals surface area contributed by atoms with E-state index in [9.17, 15) is 10.1 Å². The zero-order valence-corrected chi connectivity index (χ0v) is 17.9. The molecule has 1 aromatic carbocycles. The van der Waals surface area contributed by atoms with Crippen LogP contribution in [0.1, 0.15) is 37.7 Å². The normalized spacial score (nSPS) is 15.5. The van der Waals surface area contributed by atoms with Gasteiger partial charge in [0.25, 0.3) is 0 Å². The fraction of sp³-hybridized carbons (Fsp3) is 0.455. The Hall–Kier alpha value is -2.59. The van der Waals surface area contributed by atoms with Crippen LogP contribution < -0.4 is 0 Å². The summed E-state index contributed by atoms with van der Waals surface area (Å²) in [6, 6.07) is 10.5. The first-order valence-electron chi connectivity index (χ1n) is 9.92. The maximum Gasteiger partial charge on any atom is 0.234 e. The summed E-state index contributed by atoms with van der Waals surface area (Å²) in [6.45, 7) is 6.44. The number of benzene rings is 1. The predicted molar refractivity (Wildman–Crippen MR) is 115 cm³/mol. The molecule has 1 aliphatic carbocycles. The molecule has 0 saturated heterocycles. The monoisotopic (exact) mass is 409 g/mol. The zero-order chi connectivity index (χ0) is 20.9. The lowest BCUT2D eigenvalue weighted by atomic mass is 9.81. The lowest BCUT2D eigenvalue weighted by Crippen LogP contribution is -2.50. The molecule has 0 spiro atoms. The van der Waals surface area contributed by atoms with Crippen molar-refractivity contribution in [2.75, 3.05) is 12.8 Å². The predicted octanol–water partition coefficient (Wildman–Crippen LogP) is 4.22. The number of allylic oxidation sites excluding steroid dienone is 1. The number of thioether (sulfide) groups is 1. The Kier molecular flexibility index (Phi) is 6.75. The molecule has 3 rings (SSSR count). The first-order chi connectivity index (χ1) is 14.0. The van der Waals surface area contributed by atoms with Gasteiger partial charge in [0.1, 0.15) is 5.54 Å². The maximum atomic E-state index is 12.8. The SMILES string of the molecule is C=CCn1c(SCC(=O)N(C)C2(C#N)CCCCC2)nnc1-c1cccc(C)c1. The van der Waals surface area contributed by atoms with Crippen LogP contribution in [0.25, 0.3) is 11.4 Å². The van der Waals surface area contributed by atoms with Crippen molar-refractivity contribution in [3.8, 4) is 17.5 Å². The third kappa shape index (κ3) is 4.54. The minimum absolute atomic E-state index is 0.0521. The average molecular weight is 410 g/mol. The lowest BCUT2D eigenvalue weighted by Gasteiger charge is -2.39. The number of carbonyl (C=O) groups excluding carboxylic acids is 1. The molecular formula is C22H27N5OS. The van der Waals surface area contributed by atoms with Crippen molar-refractivity contribution >= 4 is 17.7 Å². The Labute approximate surface area is 176 Å². The molecule has 0 bridgehead atoms. The summed E-state index contributed by atoms with van der Waals surface area (Å²) >= 11 is 1.36. The largest absolute Gasteiger partial charge is 0.326 e. The van der Waals surface area contributed by atoms with Crippen molar-refractivity contribution in [1.29, 1.82) is 5.26 Å². The molecule has 6 nitrogen and oxygen atoms in total. The number of aryl methyl sites for hydroxylation is 1. The first-order valence-corrected chi connectivity index (χ1v) is 10.9. The van der Waals surface area contributed by atoms with Gasteiger partial charge in [-0.15, -0.1) is 16.8 Å². The topological polar surface area (TPSA) is 74.8 Å². The van der Waals surface area contributed by atoms with E-state index in [4.69, 9.17) is 0 Å². The second-order valence-electron chi connectivity index (χ2n) is 7.52. The molecule has 0 N–H and O–H groups in total. The van der Waals surface area contributed by atoms with Gasteiger partial charge in [-0.25, -0.2) is 0 Å². The van der Waals surface area contributed by atoms with E-state index in [1.54, 1.807) is 18.0 Å². The molecule has 0 radical (unpaired) electrons. The Morgan fingerprint density at radius 1 is 1.38 bits per heavy atom. The molecule has 1 amide bonds. The van der Waals surface area contributed by atoms with E-state index in [0.29, 0.717) is 11.7 Å². The third-order valence-corrected chi connectivity index (χ3v) is 6.49. The molecule has 0 atom stereocenters. The molecular weight excluding hydrogens is 382 g/mol. The van der Waals surface area contributed by atoms with E-state index >= 15 is 0 Å². The summed E-state index contributed by atoms with van der Waals surface area (Å²) in [7, 11) is 1.75. The van der Waals surface area contributed by atoms with Gasteiger partial charge in [0.05, 0.1) is 11.8 Å². The average Bonchev–Trinajstić information content (AvgIpc) is 3.14. The molecule has 0 aliphatic heterocycles. The second kappa shape index (κ2) is 9.27. The van der Waals surface area contributed by atoms with Crippen LogP contribution in [-0.4, -0.2) is 43.9 Å². The standard InChI is InChI=1S/C22H27N5OS/c1-4-13-27-20(18-10-8-9-17(2)14-18)24-25-21(27)29-15-19(28)26(3)22(16-23)11-6-5-7-12-22/h4,8-10,14H,1,5-7,11-13,15H2,2-3H3. The fourth-order valence-corrected chi connectivity index (χ4v) is 4.67. The summed E-state index contributed by atoms with van der Waals surface area (Å²) in [4.78, 5) is 14.5. The van der Waals surface area contributed by atoms with Gasteiger partial charge in [-0.1, -0.05) is 60.9 Å². The zero-order valence-electron chi connectivity index (χ0n) is 17.1. The van der Waals surface area contributed by atoms with Gasteiger partial charge in [-0.05, 0) is 25.8 Å². The van der Waals surface area contributed by atoms with Crippen molar-refractivity contribution < 1.29 is 4.79 Å². The highest BCUT2D eigenvalue weighted by molar-refractivity contribution is 7.99. The van der Waals surface area contributed by atoms with Gasteiger partial charge in [-0.2, -0.15) is 5.26 Å². The number of hydrogen-bond donors (Lipinski definition) is 0. The summed E-state index contributed by atoms with van der Waals surface area (Å²) in [5.41, 5.74) is 1.47. The van der Waals surface area contributed by atoms with Gasteiger partial charge >= 0.3 is 0 Å². The Bertz CT molecular complexity index is 924. The summed E-state index contributed by atoms with van der Waals surface area (Å²) in [6.07, 6.45) is 6.42. The van der Waals surface area contributed by atoms with Crippen LogP contribution in [0.3, 0.4) is 0 Å². The molecule has 2 aromatic rings. The molecule has 1 aromatic heterocycles. The van der Waals surface area contributed by atoms with E-state index in [1.165, 1.54) is 11.8 Å². The molecule has 1 heterocycles. The first kappa shape index (κ1) is 21.1.